The standard InChI is InChI=1S/C20H22NO7/c1-9-5-6-13(22)11(7-9)19(3)17(26)18(27)20(4,21(19)28)12-8-10(2)14(23)16(25)15(12)24/h5-8,22-27H,1-4H3/t19-,20+/m1/s1. The van der Waals surface area contributed by atoms with Gasteiger partial charge in [0.1, 0.15) is 16.8 Å². The Morgan fingerprint density at radius 2 is 1.29 bits per heavy atom. The molecule has 2 aromatic carbocycles. The quantitative estimate of drug-likeness (QED) is 0.433. The summed E-state index contributed by atoms with van der Waals surface area (Å²) < 4.78 is 0. The number of phenols is 4. The molecule has 0 bridgehead atoms. The Bertz CT molecular complexity index is 1020. The Balaban J connectivity index is 2.31. The maximum atomic E-state index is 13.5. The zero-order valence-corrected chi connectivity index (χ0v) is 15.8. The van der Waals surface area contributed by atoms with Crippen LogP contribution in [0.4, 0.5) is 0 Å². The summed E-state index contributed by atoms with van der Waals surface area (Å²) in [7, 11) is 0. The molecule has 8 heteroatoms. The Kier molecular flexibility index (Phi) is 4.18. The van der Waals surface area contributed by atoms with E-state index in [9.17, 15) is 35.8 Å². The van der Waals surface area contributed by atoms with Gasteiger partial charge < -0.3 is 30.6 Å². The third-order valence-corrected chi connectivity index (χ3v) is 5.60. The molecule has 1 aliphatic rings. The highest BCUT2D eigenvalue weighted by atomic mass is 16.5. The number of aryl methyl sites for hydroxylation is 2. The normalized spacial score (nSPS) is 25.5. The second-order valence-corrected chi connectivity index (χ2v) is 7.44. The summed E-state index contributed by atoms with van der Waals surface area (Å²) in [6, 6.07) is 5.74. The van der Waals surface area contributed by atoms with Crippen molar-refractivity contribution in [2.75, 3.05) is 0 Å². The summed E-state index contributed by atoms with van der Waals surface area (Å²) in [6.45, 7) is 5.77. The van der Waals surface area contributed by atoms with Crippen LogP contribution in [0.3, 0.4) is 0 Å². The number of phenolic OH excluding ortho intramolecular Hbond substituents is 4. The number of rotatable bonds is 2. The lowest BCUT2D eigenvalue weighted by Gasteiger charge is -2.38. The highest BCUT2D eigenvalue weighted by Crippen LogP contribution is 2.57. The van der Waals surface area contributed by atoms with Crippen LogP contribution in [0.1, 0.15) is 36.1 Å². The summed E-state index contributed by atoms with van der Waals surface area (Å²) >= 11 is 0. The summed E-state index contributed by atoms with van der Waals surface area (Å²) in [5.74, 6) is -3.91. The third kappa shape index (κ3) is 2.25. The van der Waals surface area contributed by atoms with Gasteiger partial charge in [0.15, 0.2) is 23.0 Å². The summed E-state index contributed by atoms with van der Waals surface area (Å²) in [6.07, 6.45) is 0. The number of benzene rings is 2. The van der Waals surface area contributed by atoms with Crippen molar-refractivity contribution in [1.29, 1.82) is 0 Å². The van der Waals surface area contributed by atoms with Crippen molar-refractivity contribution in [3.8, 4) is 23.0 Å². The summed E-state index contributed by atoms with van der Waals surface area (Å²) in [4.78, 5) is 0. The molecule has 0 amide bonds. The average Bonchev–Trinajstić information content (AvgIpc) is 2.79. The van der Waals surface area contributed by atoms with Crippen LogP contribution in [0, 0.1) is 13.8 Å². The van der Waals surface area contributed by atoms with Gasteiger partial charge in [0.25, 0.3) is 0 Å². The lowest BCUT2D eigenvalue weighted by Crippen LogP contribution is -2.47. The van der Waals surface area contributed by atoms with E-state index in [1.807, 2.05) is 0 Å². The van der Waals surface area contributed by atoms with E-state index < -0.39 is 39.8 Å². The van der Waals surface area contributed by atoms with Gasteiger partial charge in [-0.25, -0.2) is 0 Å². The molecule has 2 atom stereocenters. The molecule has 0 fully saturated rings. The van der Waals surface area contributed by atoms with Crippen LogP contribution in [-0.4, -0.2) is 35.7 Å². The Morgan fingerprint density at radius 3 is 1.86 bits per heavy atom. The molecule has 0 saturated heterocycles. The molecule has 6 N–H and O–H groups in total. The van der Waals surface area contributed by atoms with Gasteiger partial charge in [0.2, 0.25) is 5.75 Å². The van der Waals surface area contributed by atoms with Crippen molar-refractivity contribution in [2.24, 2.45) is 0 Å². The molecule has 0 spiro atoms. The van der Waals surface area contributed by atoms with Crippen LogP contribution >= 0.6 is 0 Å². The van der Waals surface area contributed by atoms with Gasteiger partial charge >= 0.3 is 0 Å². The SMILES string of the molecule is Cc1ccc(O)c([C@]2(C)C(O)=C(O)[C@](C)(c3cc(C)c(O)c(O)c3O)N2[O])c1. The van der Waals surface area contributed by atoms with E-state index >= 15 is 0 Å². The van der Waals surface area contributed by atoms with E-state index in [-0.39, 0.29) is 22.4 Å². The lowest BCUT2D eigenvalue weighted by molar-refractivity contribution is -0.264. The number of hydrogen-bond donors (Lipinski definition) is 6. The monoisotopic (exact) mass is 388 g/mol. The molecule has 1 heterocycles. The average molecular weight is 388 g/mol. The fraction of sp³-hybridized carbons (Fsp3) is 0.300. The maximum Gasteiger partial charge on any atom is 0.200 e. The lowest BCUT2D eigenvalue weighted by atomic mass is 9.87. The second-order valence-electron chi connectivity index (χ2n) is 7.44. The molecular weight excluding hydrogens is 366 g/mol. The molecule has 0 saturated carbocycles. The van der Waals surface area contributed by atoms with E-state index in [2.05, 4.69) is 0 Å². The van der Waals surface area contributed by atoms with Crippen LogP contribution in [0.2, 0.25) is 0 Å². The van der Waals surface area contributed by atoms with Crippen molar-refractivity contribution in [3.63, 3.8) is 0 Å². The summed E-state index contributed by atoms with van der Waals surface area (Å²) in [5.41, 5.74) is -3.16. The van der Waals surface area contributed by atoms with Crippen LogP contribution in [0.5, 0.6) is 23.0 Å². The molecule has 28 heavy (non-hydrogen) atoms. The van der Waals surface area contributed by atoms with Crippen LogP contribution in [0.15, 0.2) is 35.8 Å². The van der Waals surface area contributed by atoms with Gasteiger partial charge in [-0.15, -0.1) is 10.3 Å². The number of aliphatic hydroxyl groups excluding tert-OH is 2. The molecule has 3 rings (SSSR count). The van der Waals surface area contributed by atoms with Crippen molar-refractivity contribution in [1.82, 2.24) is 5.06 Å². The molecule has 0 aromatic heterocycles. The van der Waals surface area contributed by atoms with Gasteiger partial charge in [0, 0.05) is 11.1 Å². The van der Waals surface area contributed by atoms with E-state index in [1.165, 1.54) is 39.0 Å². The first-order chi connectivity index (χ1) is 12.9. The van der Waals surface area contributed by atoms with Crippen molar-refractivity contribution in [2.45, 2.75) is 38.8 Å². The smallest absolute Gasteiger partial charge is 0.200 e. The molecule has 1 aliphatic heterocycles. The third-order valence-electron chi connectivity index (χ3n) is 5.60. The highest BCUT2D eigenvalue weighted by Gasteiger charge is 2.61. The highest BCUT2D eigenvalue weighted by molar-refractivity contribution is 5.62. The van der Waals surface area contributed by atoms with Crippen LogP contribution < -0.4 is 0 Å². The maximum absolute atomic E-state index is 13.5. The van der Waals surface area contributed by atoms with Crippen molar-refractivity contribution >= 4 is 0 Å². The van der Waals surface area contributed by atoms with Gasteiger partial charge in [-0.05, 0) is 51.5 Å². The van der Waals surface area contributed by atoms with Crippen LogP contribution in [-0.2, 0) is 16.3 Å². The predicted octanol–water partition coefficient (Wildman–Crippen LogP) is 3.25. The largest absolute Gasteiger partial charge is 0.508 e. The molecular formula is C20H22NO7. The van der Waals surface area contributed by atoms with E-state index in [0.717, 1.165) is 0 Å². The Morgan fingerprint density at radius 1 is 0.750 bits per heavy atom. The van der Waals surface area contributed by atoms with Crippen molar-refractivity contribution in [3.05, 3.63) is 58.0 Å². The first kappa shape index (κ1) is 19.7. The molecule has 149 valence electrons. The first-order valence-electron chi connectivity index (χ1n) is 8.54. The summed E-state index contributed by atoms with van der Waals surface area (Å²) in [5, 5.41) is 75.7. The minimum absolute atomic E-state index is 0.0643. The topological polar surface area (TPSA) is 145 Å². The minimum atomic E-state index is -2.00. The van der Waals surface area contributed by atoms with Gasteiger partial charge in [-0.1, -0.05) is 11.6 Å². The van der Waals surface area contributed by atoms with Gasteiger partial charge in [0.05, 0.1) is 0 Å². The molecule has 0 unspecified atom stereocenters. The number of aliphatic hydroxyl groups is 2. The minimum Gasteiger partial charge on any atom is -0.508 e. The van der Waals surface area contributed by atoms with Gasteiger partial charge in [-0.3, -0.25) is 0 Å². The van der Waals surface area contributed by atoms with Crippen molar-refractivity contribution < 1.29 is 35.8 Å². The van der Waals surface area contributed by atoms with Gasteiger partial charge in [-0.2, -0.15) is 0 Å². The zero-order valence-electron chi connectivity index (χ0n) is 15.8. The zero-order chi connectivity index (χ0) is 21.2. The first-order valence-corrected chi connectivity index (χ1v) is 8.54. The van der Waals surface area contributed by atoms with E-state index in [4.69, 9.17) is 0 Å². The second kappa shape index (κ2) is 5.95. The molecule has 0 aliphatic carbocycles. The Hall–Kier alpha value is -3.10. The van der Waals surface area contributed by atoms with Crippen LogP contribution in [0.25, 0.3) is 0 Å². The fourth-order valence-electron chi connectivity index (χ4n) is 3.77. The van der Waals surface area contributed by atoms with E-state index in [1.54, 1.807) is 13.0 Å². The predicted molar refractivity (Wildman–Crippen MR) is 98.5 cm³/mol. The van der Waals surface area contributed by atoms with E-state index in [0.29, 0.717) is 10.6 Å². The molecule has 8 nitrogen and oxygen atoms in total. The number of aromatic hydroxyl groups is 4. The number of hydroxylamine groups is 2. The number of nitrogens with zero attached hydrogens (tertiary/aromatic N) is 1. The molecule has 1 radical (unpaired) electrons. The fourth-order valence-corrected chi connectivity index (χ4v) is 3.77. The number of hydrogen-bond acceptors (Lipinski definition) is 7. The Labute approximate surface area is 161 Å². The molecule has 2 aromatic rings.